The number of nitrogens with one attached hydrogen (secondary N) is 1. The summed E-state index contributed by atoms with van der Waals surface area (Å²) in [7, 11) is 1.64. The number of pyridine rings is 1. The van der Waals surface area contributed by atoms with Crippen LogP contribution in [0.5, 0.6) is 0 Å². The zero-order valence-electron chi connectivity index (χ0n) is 20.3. The normalized spacial score (nSPS) is 12.4. The van der Waals surface area contributed by atoms with Crippen LogP contribution in [0.4, 0.5) is 0 Å². The molecule has 0 amide bonds. The number of tetrazole rings is 1. The van der Waals surface area contributed by atoms with Gasteiger partial charge in [-0.1, -0.05) is 48.5 Å². The second-order valence-electron chi connectivity index (χ2n) is 8.72. The average Bonchev–Trinajstić information content (AvgIpc) is 3.57. The van der Waals surface area contributed by atoms with E-state index in [9.17, 15) is 4.79 Å². The highest BCUT2D eigenvalue weighted by Gasteiger charge is 2.31. The van der Waals surface area contributed by atoms with Crippen LogP contribution in [0.3, 0.4) is 0 Å². The van der Waals surface area contributed by atoms with Crippen molar-refractivity contribution in [3.63, 3.8) is 0 Å². The molecule has 3 aromatic heterocycles. The zero-order chi connectivity index (χ0) is 24.9. The van der Waals surface area contributed by atoms with Crippen LogP contribution in [0.2, 0.25) is 0 Å². The van der Waals surface area contributed by atoms with Crippen LogP contribution in [0.1, 0.15) is 34.3 Å². The van der Waals surface area contributed by atoms with E-state index in [1.807, 2.05) is 61.5 Å². The van der Waals surface area contributed by atoms with Gasteiger partial charge in [0.2, 0.25) is 0 Å². The molecule has 0 aliphatic rings. The van der Waals surface area contributed by atoms with E-state index >= 15 is 0 Å². The molecule has 5 aromatic rings. The van der Waals surface area contributed by atoms with E-state index in [-0.39, 0.29) is 5.56 Å². The Morgan fingerprint density at radius 2 is 1.94 bits per heavy atom. The molecule has 5 rings (SSSR count). The summed E-state index contributed by atoms with van der Waals surface area (Å²) in [6, 6.07) is 21.3. The Hall–Kier alpha value is -4.08. The Balaban J connectivity index is 1.68. The fraction of sp³-hybridized carbons (Fsp3) is 0.259. The molecular weight excluding hydrogens is 456 g/mol. The molecule has 9 heteroatoms. The summed E-state index contributed by atoms with van der Waals surface area (Å²) in [6.45, 7) is 3.89. The van der Waals surface area contributed by atoms with Gasteiger partial charge >= 0.3 is 0 Å². The third-order valence-corrected chi connectivity index (χ3v) is 6.26. The monoisotopic (exact) mass is 484 g/mol. The molecule has 1 atom stereocenters. The van der Waals surface area contributed by atoms with Crippen LogP contribution in [-0.4, -0.2) is 43.8 Å². The lowest BCUT2D eigenvalue weighted by Gasteiger charge is -2.30. The molecule has 0 spiro atoms. The first kappa shape index (κ1) is 23.7. The van der Waals surface area contributed by atoms with Gasteiger partial charge in [0.15, 0.2) is 5.82 Å². The number of aromatic amines is 1. The number of furan rings is 1. The van der Waals surface area contributed by atoms with E-state index in [4.69, 9.17) is 9.15 Å². The van der Waals surface area contributed by atoms with Crippen molar-refractivity contribution in [2.24, 2.45) is 0 Å². The Kier molecular flexibility index (Phi) is 7.01. The predicted octanol–water partition coefficient (Wildman–Crippen LogP) is 3.85. The summed E-state index contributed by atoms with van der Waals surface area (Å²) in [5, 5.41) is 13.5. The molecule has 0 fully saturated rings. The van der Waals surface area contributed by atoms with Gasteiger partial charge in [-0.15, -0.1) is 5.10 Å². The van der Waals surface area contributed by atoms with Crippen LogP contribution < -0.4 is 5.56 Å². The van der Waals surface area contributed by atoms with Gasteiger partial charge in [0.25, 0.3) is 5.56 Å². The lowest BCUT2D eigenvalue weighted by Crippen LogP contribution is -2.35. The van der Waals surface area contributed by atoms with Gasteiger partial charge in [-0.2, -0.15) is 0 Å². The number of nitrogens with zero attached hydrogens (tertiary/aromatic N) is 5. The summed E-state index contributed by atoms with van der Waals surface area (Å²) in [4.78, 5) is 18.9. The minimum atomic E-state index is -0.546. The second-order valence-corrected chi connectivity index (χ2v) is 8.72. The summed E-state index contributed by atoms with van der Waals surface area (Å²) >= 11 is 0. The molecular formula is C27H28N6O3. The van der Waals surface area contributed by atoms with Gasteiger partial charge in [0.1, 0.15) is 11.8 Å². The van der Waals surface area contributed by atoms with E-state index in [2.05, 4.69) is 37.5 Å². The number of hydrogen-bond donors (Lipinski definition) is 1. The topological polar surface area (TPSA) is 102 Å². The molecule has 0 unspecified atom stereocenters. The quantitative estimate of drug-likeness (QED) is 0.321. The first-order valence-electron chi connectivity index (χ1n) is 11.8. The molecule has 2 aromatic carbocycles. The Labute approximate surface area is 208 Å². The maximum absolute atomic E-state index is 13.6. The number of aryl methyl sites for hydroxylation is 1. The fourth-order valence-corrected chi connectivity index (χ4v) is 4.51. The van der Waals surface area contributed by atoms with Crippen LogP contribution >= 0.6 is 0 Å². The molecule has 3 heterocycles. The fourth-order valence-electron chi connectivity index (χ4n) is 4.51. The van der Waals surface area contributed by atoms with E-state index in [1.54, 1.807) is 18.1 Å². The molecule has 0 aliphatic carbocycles. The second kappa shape index (κ2) is 10.7. The van der Waals surface area contributed by atoms with E-state index < -0.39 is 6.04 Å². The highest BCUT2D eigenvalue weighted by Crippen LogP contribution is 2.30. The van der Waals surface area contributed by atoms with Crippen molar-refractivity contribution in [3.05, 3.63) is 112 Å². The molecule has 9 nitrogen and oxygen atoms in total. The number of methoxy groups -OCH3 is 1. The SMILES string of the molecule is COCCn1nnnc1[C@@H](c1cc2cccc(C)c2[nH]c1=O)N(Cc1ccccc1)Cc1ccco1. The van der Waals surface area contributed by atoms with Gasteiger partial charge in [0.05, 0.1) is 31.5 Å². The summed E-state index contributed by atoms with van der Waals surface area (Å²) < 4.78 is 12.7. The van der Waals surface area contributed by atoms with Crippen LogP contribution in [-0.2, 0) is 24.4 Å². The first-order valence-corrected chi connectivity index (χ1v) is 11.8. The Morgan fingerprint density at radius 1 is 1.08 bits per heavy atom. The molecule has 36 heavy (non-hydrogen) atoms. The lowest BCUT2D eigenvalue weighted by atomic mass is 10.0. The number of para-hydroxylation sites is 1. The molecule has 0 radical (unpaired) electrons. The van der Waals surface area contributed by atoms with E-state index in [0.29, 0.717) is 37.6 Å². The predicted molar refractivity (Wildman–Crippen MR) is 135 cm³/mol. The van der Waals surface area contributed by atoms with Crippen molar-refractivity contribution in [2.45, 2.75) is 32.6 Å². The largest absolute Gasteiger partial charge is 0.468 e. The highest BCUT2D eigenvalue weighted by atomic mass is 16.5. The van der Waals surface area contributed by atoms with Crippen molar-refractivity contribution in [1.82, 2.24) is 30.1 Å². The van der Waals surface area contributed by atoms with E-state index in [1.165, 1.54) is 0 Å². The maximum atomic E-state index is 13.6. The number of benzene rings is 2. The van der Waals surface area contributed by atoms with Crippen LogP contribution in [0.15, 0.2) is 82.2 Å². The Bertz CT molecular complexity index is 1480. The van der Waals surface area contributed by atoms with Gasteiger partial charge in [0, 0.05) is 19.2 Å². The lowest BCUT2D eigenvalue weighted by molar-refractivity contribution is 0.163. The van der Waals surface area contributed by atoms with E-state index in [0.717, 1.165) is 27.8 Å². The molecule has 184 valence electrons. The Morgan fingerprint density at radius 3 is 2.72 bits per heavy atom. The minimum Gasteiger partial charge on any atom is -0.468 e. The third-order valence-electron chi connectivity index (χ3n) is 6.26. The number of fused-ring (bicyclic) bond motifs is 1. The third kappa shape index (κ3) is 4.98. The molecule has 0 aliphatic heterocycles. The number of ether oxygens (including phenoxy) is 1. The smallest absolute Gasteiger partial charge is 0.253 e. The molecule has 0 saturated heterocycles. The average molecular weight is 485 g/mol. The van der Waals surface area contributed by atoms with Crippen molar-refractivity contribution in [2.75, 3.05) is 13.7 Å². The van der Waals surface area contributed by atoms with Crippen molar-refractivity contribution in [1.29, 1.82) is 0 Å². The summed E-state index contributed by atoms with van der Waals surface area (Å²) in [6.07, 6.45) is 1.65. The maximum Gasteiger partial charge on any atom is 0.253 e. The zero-order valence-corrected chi connectivity index (χ0v) is 20.3. The van der Waals surface area contributed by atoms with Gasteiger partial charge < -0.3 is 14.1 Å². The van der Waals surface area contributed by atoms with Crippen molar-refractivity contribution in [3.8, 4) is 0 Å². The summed E-state index contributed by atoms with van der Waals surface area (Å²) in [5.41, 5.74) is 3.31. The first-order chi connectivity index (χ1) is 17.6. The minimum absolute atomic E-state index is 0.180. The molecule has 0 saturated carbocycles. The summed E-state index contributed by atoms with van der Waals surface area (Å²) in [5.74, 6) is 1.34. The number of aromatic nitrogens is 5. The van der Waals surface area contributed by atoms with Crippen molar-refractivity contribution < 1.29 is 9.15 Å². The van der Waals surface area contributed by atoms with Crippen LogP contribution in [0, 0.1) is 6.92 Å². The van der Waals surface area contributed by atoms with Crippen molar-refractivity contribution >= 4 is 10.9 Å². The number of hydrogen-bond acceptors (Lipinski definition) is 7. The number of H-pyrrole nitrogens is 1. The molecule has 1 N–H and O–H groups in total. The van der Waals surface area contributed by atoms with Gasteiger partial charge in [-0.25, -0.2) is 4.68 Å². The van der Waals surface area contributed by atoms with Gasteiger partial charge in [-0.05, 0) is 52.1 Å². The molecule has 0 bridgehead atoms. The number of rotatable bonds is 10. The van der Waals surface area contributed by atoms with Crippen LogP contribution in [0.25, 0.3) is 10.9 Å². The van der Waals surface area contributed by atoms with Gasteiger partial charge in [-0.3, -0.25) is 9.69 Å². The highest BCUT2D eigenvalue weighted by molar-refractivity contribution is 5.82. The standard InChI is InChI=1S/C27H28N6O3/c1-19-8-6-11-21-16-23(27(34)28-24(19)21)25(26-29-30-31-33(26)13-15-35-2)32(18-22-12-7-14-36-22)17-20-9-4-3-5-10-20/h3-12,14,16,25H,13,15,17-18H2,1-2H3,(H,28,34)/t25-/m1/s1.